The quantitative estimate of drug-likeness (QED) is 0.217. The number of hydrogen-bond donors (Lipinski definition) is 3. The lowest BCUT2D eigenvalue weighted by molar-refractivity contribution is -0.284. The van der Waals surface area contributed by atoms with Crippen molar-refractivity contribution in [2.45, 2.75) is 104 Å². The fourth-order valence-electron chi connectivity index (χ4n) is 4.41. The number of halogens is 8. The summed E-state index contributed by atoms with van der Waals surface area (Å²) in [4.78, 5) is 31.4. The van der Waals surface area contributed by atoms with Crippen LogP contribution in [0, 0.1) is 5.92 Å². The van der Waals surface area contributed by atoms with Crippen molar-refractivity contribution in [3.63, 3.8) is 0 Å². The molecule has 1 aromatic carbocycles. The maximum atomic E-state index is 12.6. The van der Waals surface area contributed by atoms with E-state index in [0.29, 0.717) is 41.0 Å². The van der Waals surface area contributed by atoms with Crippen LogP contribution in [-0.2, 0) is 17.9 Å². The number of imidazole rings is 1. The predicted octanol–water partition coefficient (Wildman–Crippen LogP) is 7.63. The molecule has 45 heavy (non-hydrogen) atoms. The molecular weight excluding hydrogens is 616 g/mol. The average Bonchev–Trinajstić information content (AvgIpc) is 3.61. The molecule has 252 valence electrons. The summed E-state index contributed by atoms with van der Waals surface area (Å²) in [7, 11) is 0. The first-order valence-corrected chi connectivity index (χ1v) is 14.5. The summed E-state index contributed by atoms with van der Waals surface area (Å²) in [5, 5.41) is 8.89. The van der Waals surface area contributed by atoms with Gasteiger partial charge in [-0.15, -0.1) is 0 Å². The van der Waals surface area contributed by atoms with Crippen LogP contribution in [0.2, 0.25) is 0 Å². The van der Waals surface area contributed by atoms with E-state index in [4.69, 9.17) is 0 Å². The molecule has 4 rings (SSSR count). The average molecular weight is 655 g/mol. The number of carbonyl (C=O) groups is 2. The molecule has 2 amide bonds. The number of hydrogen-bond acceptors (Lipinski definition) is 4. The molecule has 1 fully saturated rings. The third-order valence-corrected chi connectivity index (χ3v) is 6.66. The minimum atomic E-state index is -5.58. The molecule has 0 bridgehead atoms. The maximum Gasteiger partial charge on any atom is 0.400 e. The Morgan fingerprint density at radius 1 is 0.956 bits per heavy atom. The zero-order valence-electron chi connectivity index (χ0n) is 25.4. The van der Waals surface area contributed by atoms with Crippen molar-refractivity contribution in [2.75, 3.05) is 0 Å². The normalized spacial score (nSPS) is 14.8. The topological polar surface area (TPSA) is 105 Å². The maximum absolute atomic E-state index is 12.6. The number of H-pyrrole nitrogens is 1. The Labute approximate surface area is 255 Å². The van der Waals surface area contributed by atoms with E-state index in [1.807, 2.05) is 27.7 Å². The van der Waals surface area contributed by atoms with E-state index in [9.17, 15) is 44.7 Å². The molecule has 0 unspecified atom stereocenters. The second kappa shape index (κ2) is 16.0. The van der Waals surface area contributed by atoms with Gasteiger partial charge in [0.15, 0.2) is 5.92 Å². The first kappa shape index (κ1) is 37.5. The highest BCUT2D eigenvalue weighted by atomic mass is 19.4. The van der Waals surface area contributed by atoms with Gasteiger partial charge in [-0.25, -0.2) is 13.8 Å². The second-order valence-corrected chi connectivity index (χ2v) is 10.5. The van der Waals surface area contributed by atoms with Crippen LogP contribution < -0.4 is 10.6 Å². The van der Waals surface area contributed by atoms with Gasteiger partial charge in [0.05, 0.1) is 17.6 Å². The van der Waals surface area contributed by atoms with Crippen molar-refractivity contribution in [2.24, 2.45) is 5.92 Å². The molecule has 3 N–H and O–H groups in total. The summed E-state index contributed by atoms with van der Waals surface area (Å²) < 4.78 is 102. The number of benzene rings is 1. The number of rotatable bonds is 8. The Hall–Kier alpha value is -3.72. The van der Waals surface area contributed by atoms with Crippen LogP contribution in [0.4, 0.5) is 35.1 Å². The highest BCUT2D eigenvalue weighted by Gasteiger charge is 2.57. The molecule has 2 heterocycles. The van der Waals surface area contributed by atoms with E-state index in [1.54, 1.807) is 22.9 Å². The highest BCUT2D eigenvalue weighted by molar-refractivity contribution is 5.92. The van der Waals surface area contributed by atoms with Crippen molar-refractivity contribution < 1.29 is 44.7 Å². The first-order chi connectivity index (χ1) is 21.0. The third kappa shape index (κ3) is 11.6. The lowest BCUT2D eigenvalue weighted by Crippen LogP contribution is -2.40. The molecule has 8 nitrogen and oxygen atoms in total. The van der Waals surface area contributed by atoms with Gasteiger partial charge in [-0.2, -0.15) is 31.4 Å². The fraction of sp³-hybridized carbons (Fsp3) is 0.586. The number of alkyl halides is 8. The zero-order valence-corrected chi connectivity index (χ0v) is 25.4. The van der Waals surface area contributed by atoms with Crippen molar-refractivity contribution in [3.05, 3.63) is 47.5 Å². The van der Waals surface area contributed by atoms with E-state index in [2.05, 4.69) is 25.7 Å². The molecule has 0 radical (unpaired) electrons. The molecule has 2 aromatic heterocycles. The van der Waals surface area contributed by atoms with Crippen molar-refractivity contribution in [1.82, 2.24) is 30.4 Å². The first-order valence-electron chi connectivity index (χ1n) is 14.5. The van der Waals surface area contributed by atoms with Gasteiger partial charge in [0.2, 0.25) is 11.8 Å². The fourth-order valence-corrected chi connectivity index (χ4v) is 4.41. The molecule has 0 spiro atoms. The van der Waals surface area contributed by atoms with Gasteiger partial charge >= 0.3 is 12.4 Å². The number of nitrogens with one attached hydrogen (secondary N) is 3. The lowest BCUT2D eigenvalue weighted by atomic mass is 9.97. The number of aromatic nitrogens is 4. The molecule has 0 saturated heterocycles. The van der Waals surface area contributed by atoms with Gasteiger partial charge in [-0.1, -0.05) is 26.3 Å². The molecule has 0 atom stereocenters. The van der Waals surface area contributed by atoms with Crippen LogP contribution in [0.25, 0.3) is 11.0 Å². The standard InChI is InChI=1S/C21H22F6N6O2.C6H10F2.C2H6/c1-11(2)33-15(5-6-30-33)19(35)29-10-17-31-13-4-3-12(7-14(13)32-17)9-28-18(34)8-16(20(22,23)24)21(25,26)27;7-6(8)4-2-1-3-5-6;1-2/h3-7,11,16H,8-10H2,1-2H3,(H,28,34)(H,29,35)(H,31,32);1-5H2;1-2H3. The molecular formula is C29H38F8N6O2. The lowest BCUT2D eigenvalue weighted by Gasteiger charge is -2.22. The molecule has 1 aliphatic rings. The summed E-state index contributed by atoms with van der Waals surface area (Å²) in [6.07, 6.45) is -8.73. The summed E-state index contributed by atoms with van der Waals surface area (Å²) in [5.74, 6) is -7.36. The Morgan fingerprint density at radius 3 is 2.11 bits per heavy atom. The van der Waals surface area contributed by atoms with Crippen LogP contribution >= 0.6 is 0 Å². The van der Waals surface area contributed by atoms with Gasteiger partial charge in [0.1, 0.15) is 11.5 Å². The zero-order chi connectivity index (χ0) is 34.0. The smallest absolute Gasteiger partial charge is 0.352 e. The van der Waals surface area contributed by atoms with Crippen LogP contribution in [-0.4, -0.2) is 49.8 Å². The van der Waals surface area contributed by atoms with Crippen LogP contribution in [0.1, 0.15) is 94.1 Å². The van der Waals surface area contributed by atoms with Gasteiger partial charge in [0, 0.05) is 38.0 Å². The highest BCUT2D eigenvalue weighted by Crippen LogP contribution is 2.41. The number of carbonyl (C=O) groups excluding carboxylic acids is 2. The number of amides is 2. The van der Waals surface area contributed by atoms with Gasteiger partial charge in [0.25, 0.3) is 5.91 Å². The van der Waals surface area contributed by atoms with Crippen molar-refractivity contribution >= 4 is 22.8 Å². The van der Waals surface area contributed by atoms with E-state index < -0.39 is 36.5 Å². The molecule has 1 saturated carbocycles. The molecule has 16 heteroatoms. The minimum absolute atomic E-state index is 0.0105. The van der Waals surface area contributed by atoms with Crippen LogP contribution in [0.3, 0.4) is 0 Å². The molecule has 3 aromatic rings. The predicted molar refractivity (Wildman–Crippen MR) is 151 cm³/mol. The van der Waals surface area contributed by atoms with Gasteiger partial charge in [-0.05, 0) is 50.5 Å². The van der Waals surface area contributed by atoms with Crippen molar-refractivity contribution in [3.8, 4) is 0 Å². The Morgan fingerprint density at radius 2 is 1.58 bits per heavy atom. The van der Waals surface area contributed by atoms with E-state index in [0.717, 1.165) is 6.42 Å². The summed E-state index contributed by atoms with van der Waals surface area (Å²) in [5.41, 5.74) is 1.84. The van der Waals surface area contributed by atoms with Gasteiger partial charge in [-0.3, -0.25) is 14.3 Å². The molecule has 1 aliphatic carbocycles. The minimum Gasteiger partial charge on any atom is -0.352 e. The number of nitrogens with zero attached hydrogens (tertiary/aromatic N) is 3. The Balaban J connectivity index is 0.000000604. The number of aromatic amines is 1. The third-order valence-electron chi connectivity index (χ3n) is 6.66. The van der Waals surface area contributed by atoms with E-state index in [-0.39, 0.29) is 37.9 Å². The monoisotopic (exact) mass is 654 g/mol. The second-order valence-electron chi connectivity index (χ2n) is 10.5. The SMILES string of the molecule is CC.CC(C)n1nccc1C(=O)NCc1nc2ccc(CNC(=O)CC(C(F)(F)F)C(F)(F)F)cc2[nH]1.FC1(F)CCCCC1. The Kier molecular flexibility index (Phi) is 13.3. The largest absolute Gasteiger partial charge is 0.400 e. The van der Waals surface area contributed by atoms with E-state index >= 15 is 0 Å². The number of fused-ring (bicyclic) bond motifs is 1. The van der Waals surface area contributed by atoms with E-state index in [1.165, 1.54) is 12.3 Å². The summed E-state index contributed by atoms with van der Waals surface area (Å²) in [6, 6.07) is 6.22. The van der Waals surface area contributed by atoms with Crippen molar-refractivity contribution in [1.29, 1.82) is 0 Å². The van der Waals surface area contributed by atoms with Gasteiger partial charge < -0.3 is 15.6 Å². The molecule has 0 aliphatic heterocycles. The Bertz CT molecular complexity index is 1360. The van der Waals surface area contributed by atoms with Crippen LogP contribution in [0.5, 0.6) is 0 Å². The summed E-state index contributed by atoms with van der Waals surface area (Å²) in [6.45, 7) is 7.56. The summed E-state index contributed by atoms with van der Waals surface area (Å²) >= 11 is 0. The van der Waals surface area contributed by atoms with Crippen LogP contribution in [0.15, 0.2) is 30.5 Å².